The maximum absolute atomic E-state index is 11.7. The van der Waals surface area contributed by atoms with Crippen LogP contribution in [0, 0.1) is 3.57 Å². The lowest BCUT2D eigenvalue weighted by atomic mass is 10.1. The number of rotatable bonds is 6. The quantitative estimate of drug-likeness (QED) is 0.394. The molecule has 8 nitrogen and oxygen atoms in total. The Morgan fingerprint density at radius 1 is 1.17 bits per heavy atom. The lowest BCUT2D eigenvalue weighted by molar-refractivity contribution is -0.138. The number of hydrogen-bond donors (Lipinski definition) is 2. The first-order valence-corrected chi connectivity index (χ1v) is 7.17. The van der Waals surface area contributed by atoms with E-state index in [-0.39, 0.29) is 17.0 Å². The number of nitrogens with one attached hydrogen (secondary N) is 1. The molecule has 0 unspecified atom stereocenters. The van der Waals surface area contributed by atoms with Gasteiger partial charge in [0.1, 0.15) is 17.0 Å². The number of halogens is 1. The summed E-state index contributed by atoms with van der Waals surface area (Å²) in [6.07, 6.45) is 0.930. The summed E-state index contributed by atoms with van der Waals surface area (Å²) in [4.78, 5) is 34.2. The maximum Gasteiger partial charge on any atom is 0.354 e. The van der Waals surface area contributed by atoms with Crippen LogP contribution in [0.1, 0.15) is 10.4 Å². The highest BCUT2D eigenvalue weighted by atomic mass is 127. The molecule has 0 bridgehead atoms. The summed E-state index contributed by atoms with van der Waals surface area (Å²) >= 11 is 1.89. The molecule has 0 heterocycles. The molecule has 0 aliphatic heterocycles. The van der Waals surface area contributed by atoms with Crippen molar-refractivity contribution in [2.24, 2.45) is 0 Å². The molecule has 0 radical (unpaired) electrons. The van der Waals surface area contributed by atoms with Crippen molar-refractivity contribution in [1.29, 1.82) is 0 Å². The number of ether oxygens (including phenoxy) is 3. The molecule has 0 fully saturated rings. The molecule has 0 aliphatic rings. The van der Waals surface area contributed by atoms with Gasteiger partial charge in [0.05, 0.1) is 33.1 Å². The summed E-state index contributed by atoms with van der Waals surface area (Å²) in [6.45, 7) is 0. The maximum atomic E-state index is 11.7. The van der Waals surface area contributed by atoms with Crippen LogP contribution in [0.4, 0.5) is 5.69 Å². The van der Waals surface area contributed by atoms with Gasteiger partial charge in [-0.3, -0.25) is 0 Å². The molecule has 0 aliphatic carbocycles. The molecule has 9 heteroatoms. The summed E-state index contributed by atoms with van der Waals surface area (Å²) in [6, 6.07) is 2.77. The Balaban J connectivity index is 3.28. The highest BCUT2D eigenvalue weighted by Gasteiger charge is 2.18. The van der Waals surface area contributed by atoms with E-state index in [1.165, 1.54) is 26.4 Å². The minimum Gasteiger partial charge on any atom is -0.496 e. The van der Waals surface area contributed by atoms with E-state index >= 15 is 0 Å². The predicted molar refractivity (Wildman–Crippen MR) is 88.4 cm³/mol. The lowest BCUT2D eigenvalue weighted by Gasteiger charge is -2.13. The van der Waals surface area contributed by atoms with Crippen LogP contribution in [-0.4, -0.2) is 44.3 Å². The topological polar surface area (TPSA) is 111 Å². The van der Waals surface area contributed by atoms with Crippen LogP contribution in [-0.2, 0) is 19.1 Å². The van der Waals surface area contributed by atoms with Gasteiger partial charge >= 0.3 is 17.9 Å². The molecule has 0 aromatic heterocycles. The van der Waals surface area contributed by atoms with Crippen molar-refractivity contribution in [3.8, 4) is 5.75 Å². The number of benzene rings is 1. The summed E-state index contributed by atoms with van der Waals surface area (Å²) in [7, 11) is 3.65. The first-order chi connectivity index (χ1) is 10.8. The zero-order chi connectivity index (χ0) is 17.6. The van der Waals surface area contributed by atoms with Crippen LogP contribution in [0.5, 0.6) is 5.75 Å². The van der Waals surface area contributed by atoms with Gasteiger partial charge in [0.25, 0.3) is 0 Å². The van der Waals surface area contributed by atoms with Gasteiger partial charge in [-0.1, -0.05) is 0 Å². The van der Waals surface area contributed by atoms with Crippen LogP contribution in [0.25, 0.3) is 0 Å². The van der Waals surface area contributed by atoms with Gasteiger partial charge < -0.3 is 24.6 Å². The van der Waals surface area contributed by atoms with Crippen molar-refractivity contribution < 1.29 is 33.7 Å². The summed E-state index contributed by atoms with van der Waals surface area (Å²) in [5.41, 5.74) is 0.175. The van der Waals surface area contributed by atoms with Crippen LogP contribution in [0.2, 0.25) is 0 Å². The Labute approximate surface area is 145 Å². The number of aromatic carboxylic acids is 1. The van der Waals surface area contributed by atoms with Gasteiger partial charge in [-0.25, -0.2) is 14.4 Å². The molecule has 1 rings (SSSR count). The largest absolute Gasteiger partial charge is 0.496 e. The molecule has 1 aromatic carbocycles. The SMILES string of the molecule is COC(=O)/C=C(/Nc1cc(OC)c(C(=O)O)cc1I)C(=O)OC. The van der Waals surface area contributed by atoms with E-state index in [1.807, 2.05) is 22.6 Å². The van der Waals surface area contributed by atoms with E-state index in [1.54, 1.807) is 0 Å². The number of carbonyl (C=O) groups is 3. The third kappa shape index (κ3) is 4.84. The van der Waals surface area contributed by atoms with Crippen molar-refractivity contribution in [3.05, 3.63) is 33.0 Å². The third-order valence-corrected chi connectivity index (χ3v) is 3.55. The fourth-order valence-corrected chi connectivity index (χ4v) is 2.17. The van der Waals surface area contributed by atoms with Gasteiger partial charge in [0, 0.05) is 9.64 Å². The number of carboxylic acid groups (broad SMARTS) is 1. The van der Waals surface area contributed by atoms with Crippen LogP contribution >= 0.6 is 22.6 Å². The van der Waals surface area contributed by atoms with E-state index in [4.69, 9.17) is 9.84 Å². The third-order valence-electron chi connectivity index (χ3n) is 2.66. The van der Waals surface area contributed by atoms with Crippen LogP contribution in [0.3, 0.4) is 0 Å². The Kier molecular flexibility index (Phi) is 6.82. The lowest BCUT2D eigenvalue weighted by Crippen LogP contribution is -2.16. The Morgan fingerprint density at radius 2 is 1.83 bits per heavy atom. The monoisotopic (exact) mass is 435 g/mol. The number of anilines is 1. The molecule has 124 valence electrons. The van der Waals surface area contributed by atoms with Crippen LogP contribution < -0.4 is 10.1 Å². The van der Waals surface area contributed by atoms with Crippen molar-refractivity contribution in [1.82, 2.24) is 0 Å². The second-order valence-electron chi connectivity index (χ2n) is 4.04. The number of esters is 2. The van der Waals surface area contributed by atoms with Crippen molar-refractivity contribution >= 4 is 46.2 Å². The van der Waals surface area contributed by atoms with Gasteiger partial charge in [-0.2, -0.15) is 0 Å². The smallest absolute Gasteiger partial charge is 0.354 e. The molecule has 0 amide bonds. The highest BCUT2D eigenvalue weighted by molar-refractivity contribution is 14.1. The van der Waals surface area contributed by atoms with E-state index in [0.717, 1.165) is 13.2 Å². The summed E-state index contributed by atoms with van der Waals surface area (Å²) < 4.78 is 14.6. The van der Waals surface area contributed by atoms with E-state index in [0.29, 0.717) is 9.26 Å². The van der Waals surface area contributed by atoms with Gasteiger partial charge in [-0.05, 0) is 28.7 Å². The number of hydrogen-bond acceptors (Lipinski definition) is 7. The molecule has 2 N–H and O–H groups in total. The average molecular weight is 435 g/mol. The van der Waals surface area contributed by atoms with Crippen LogP contribution in [0.15, 0.2) is 23.9 Å². The van der Waals surface area contributed by atoms with Crippen molar-refractivity contribution in [3.63, 3.8) is 0 Å². The van der Waals surface area contributed by atoms with Gasteiger partial charge in [0.2, 0.25) is 0 Å². The van der Waals surface area contributed by atoms with E-state index in [9.17, 15) is 14.4 Å². The van der Waals surface area contributed by atoms with Gasteiger partial charge in [0.15, 0.2) is 0 Å². The first-order valence-electron chi connectivity index (χ1n) is 6.09. The Morgan fingerprint density at radius 3 is 2.30 bits per heavy atom. The molecule has 0 saturated carbocycles. The number of methoxy groups -OCH3 is 3. The molecule has 1 aromatic rings. The molecular weight excluding hydrogens is 421 g/mol. The standard InChI is InChI=1S/C14H14INO7/c1-21-11-5-9(8(15)4-7(11)13(18)19)16-10(14(20)23-3)6-12(17)22-2/h4-6,16H,1-3H3,(H,18,19)/b10-6+. The molecule has 0 spiro atoms. The second kappa shape index (κ2) is 8.36. The zero-order valence-electron chi connectivity index (χ0n) is 12.5. The number of carbonyl (C=O) groups excluding carboxylic acids is 2. The molecular formula is C14H14INO7. The number of carboxylic acids is 1. The minimum atomic E-state index is -1.15. The van der Waals surface area contributed by atoms with E-state index < -0.39 is 17.9 Å². The predicted octanol–water partition coefficient (Wildman–Crippen LogP) is 1.64. The zero-order valence-corrected chi connectivity index (χ0v) is 14.7. The minimum absolute atomic E-state index is 0.0287. The Bertz CT molecular complexity index is 669. The average Bonchev–Trinajstić information content (AvgIpc) is 2.54. The van der Waals surface area contributed by atoms with Crippen molar-refractivity contribution in [2.75, 3.05) is 26.6 Å². The molecule has 0 saturated heterocycles. The summed E-state index contributed by atoms with van der Waals surface area (Å²) in [5.74, 6) is -2.58. The van der Waals surface area contributed by atoms with Gasteiger partial charge in [-0.15, -0.1) is 0 Å². The van der Waals surface area contributed by atoms with E-state index in [2.05, 4.69) is 14.8 Å². The fourth-order valence-electron chi connectivity index (χ4n) is 1.56. The normalized spacial score (nSPS) is 10.7. The molecule has 23 heavy (non-hydrogen) atoms. The summed E-state index contributed by atoms with van der Waals surface area (Å²) in [5, 5.41) is 11.8. The van der Waals surface area contributed by atoms with Crippen molar-refractivity contribution in [2.45, 2.75) is 0 Å². The second-order valence-corrected chi connectivity index (χ2v) is 5.20. The molecule has 0 atom stereocenters. The highest BCUT2D eigenvalue weighted by Crippen LogP contribution is 2.29. The fraction of sp³-hybridized carbons (Fsp3) is 0.214. The Hall–Kier alpha value is -2.30. The first kappa shape index (κ1) is 18.7.